The molecule has 0 atom stereocenters. The van der Waals surface area contributed by atoms with Crippen LogP contribution in [0.25, 0.3) is 0 Å². The Morgan fingerprint density at radius 2 is 1.33 bits per heavy atom. The molecule has 0 rings (SSSR count). The van der Waals surface area contributed by atoms with Crippen molar-refractivity contribution in [1.82, 2.24) is 0 Å². The maximum absolute atomic E-state index is 8.44. The van der Waals surface area contributed by atoms with E-state index >= 15 is 0 Å². The second kappa shape index (κ2) is 10.0. The van der Waals surface area contributed by atoms with Crippen LogP contribution in [0.3, 0.4) is 0 Å². The molecule has 0 spiro atoms. The van der Waals surface area contributed by atoms with Crippen LogP contribution in [0.1, 0.15) is 0 Å². The van der Waals surface area contributed by atoms with Gasteiger partial charge in [-0.2, -0.15) is 0 Å². The van der Waals surface area contributed by atoms with Gasteiger partial charge in [-0.15, -0.1) is 23.8 Å². The van der Waals surface area contributed by atoms with Crippen molar-refractivity contribution >= 4 is 72.6 Å². The van der Waals surface area contributed by atoms with Crippen LogP contribution >= 0.6 is 12.4 Å². The molecule has 0 aromatic carbocycles. The van der Waals surface area contributed by atoms with Gasteiger partial charge in [0.2, 0.25) is 0 Å². The van der Waals surface area contributed by atoms with E-state index < -0.39 is 11.4 Å². The summed E-state index contributed by atoms with van der Waals surface area (Å²) in [5, 5.41) is 0. The van der Waals surface area contributed by atoms with Crippen LogP contribution < -0.4 is 0 Å². The van der Waals surface area contributed by atoms with Crippen molar-refractivity contribution in [3.63, 3.8) is 0 Å². The monoisotopic (exact) mass is 254 g/mol. The summed E-state index contributed by atoms with van der Waals surface area (Å²) in [6.07, 6.45) is 0. The standard InChI is InChI=1S/Ba.ClH.H2O3S/c;;1-4(2)3/h;1H;(H2,1,2,3)/q+2;;/p-2. The van der Waals surface area contributed by atoms with Gasteiger partial charge in [-0.25, -0.2) is 0 Å². The predicted octanol–water partition coefficient (Wildman–Crippen LogP) is -0.963. The van der Waals surface area contributed by atoms with E-state index in [9.17, 15) is 0 Å². The van der Waals surface area contributed by atoms with E-state index in [1.807, 2.05) is 0 Å². The van der Waals surface area contributed by atoms with E-state index in [1.54, 1.807) is 0 Å². The first-order valence-corrected chi connectivity index (χ1v) is 1.50. The number of hydrogen-bond acceptors (Lipinski definition) is 3. The fraction of sp³-hybridized carbons (Fsp3) is 0. The molecule has 6 heteroatoms. The van der Waals surface area contributed by atoms with Gasteiger partial charge in [-0.1, -0.05) is 0 Å². The normalized spacial score (nSPS) is 5.83. The van der Waals surface area contributed by atoms with Crippen molar-refractivity contribution in [3.8, 4) is 0 Å². The predicted molar refractivity (Wildman–Crippen MR) is 22.7 cm³/mol. The molecule has 0 amide bonds. The molecular formula is HBaClO3S. The number of hydrogen-bond donors (Lipinski definition) is 0. The molecular weight excluding hydrogens is 253 g/mol. The van der Waals surface area contributed by atoms with Gasteiger partial charge in [-0.3, -0.25) is 4.21 Å². The smallest absolute Gasteiger partial charge is 0.784 e. The van der Waals surface area contributed by atoms with Gasteiger partial charge < -0.3 is 9.11 Å². The van der Waals surface area contributed by atoms with E-state index in [-0.39, 0.29) is 61.3 Å². The van der Waals surface area contributed by atoms with Crippen LogP contribution in [0.5, 0.6) is 0 Å². The minimum atomic E-state index is -3.11. The third-order valence-corrected chi connectivity index (χ3v) is 0. The molecule has 0 aliphatic heterocycles. The maximum Gasteiger partial charge on any atom is 2.00 e. The third-order valence-electron chi connectivity index (χ3n) is 0. The van der Waals surface area contributed by atoms with Gasteiger partial charge in [0.15, 0.2) is 0 Å². The van der Waals surface area contributed by atoms with Crippen molar-refractivity contribution < 1.29 is 13.3 Å². The zero-order valence-corrected chi connectivity index (χ0v) is 8.82. The average Bonchev–Trinajstić information content (AvgIpc) is 0.811. The Hall–Kier alpha value is 1.93. The van der Waals surface area contributed by atoms with E-state index in [1.165, 1.54) is 0 Å². The zero-order chi connectivity index (χ0) is 3.58. The summed E-state index contributed by atoms with van der Waals surface area (Å²) < 4.78 is 25.3. The van der Waals surface area contributed by atoms with Crippen LogP contribution in [0.4, 0.5) is 0 Å². The van der Waals surface area contributed by atoms with Crippen molar-refractivity contribution in [2.45, 2.75) is 0 Å². The minimum absolute atomic E-state index is 0. The van der Waals surface area contributed by atoms with Crippen LogP contribution in [0, 0.1) is 0 Å². The summed E-state index contributed by atoms with van der Waals surface area (Å²) in [5.41, 5.74) is 0. The van der Waals surface area contributed by atoms with Gasteiger partial charge in [0.25, 0.3) is 0 Å². The molecule has 0 fully saturated rings. The Morgan fingerprint density at radius 1 is 1.33 bits per heavy atom. The summed E-state index contributed by atoms with van der Waals surface area (Å²) in [7, 11) is 0. The summed E-state index contributed by atoms with van der Waals surface area (Å²) in [5.74, 6) is 0. The van der Waals surface area contributed by atoms with Crippen LogP contribution in [0.15, 0.2) is 0 Å². The Balaban J connectivity index is -0.0000000450. The first-order valence-electron chi connectivity index (χ1n) is 0.500. The second-order valence-electron chi connectivity index (χ2n) is 0.204. The van der Waals surface area contributed by atoms with E-state index in [0.29, 0.717) is 0 Å². The molecule has 0 aliphatic rings. The molecule has 0 aromatic heterocycles. The van der Waals surface area contributed by atoms with Gasteiger partial charge in [0, 0.05) is 0 Å². The molecule has 0 bridgehead atoms. The van der Waals surface area contributed by atoms with Crippen molar-refractivity contribution in [2.24, 2.45) is 0 Å². The molecule has 34 valence electrons. The maximum atomic E-state index is 8.44. The first kappa shape index (κ1) is 15.7. The van der Waals surface area contributed by atoms with Crippen molar-refractivity contribution in [3.05, 3.63) is 0 Å². The first-order chi connectivity index (χ1) is 1.73. The van der Waals surface area contributed by atoms with Gasteiger partial charge in [-0.05, 0) is 0 Å². The molecule has 0 radical (unpaired) electrons. The summed E-state index contributed by atoms with van der Waals surface area (Å²) in [6, 6.07) is 0. The molecule has 0 aromatic rings. The quantitative estimate of drug-likeness (QED) is 0.413. The fourth-order valence-electron chi connectivity index (χ4n) is 0. The molecule has 0 saturated carbocycles. The Morgan fingerprint density at radius 3 is 1.33 bits per heavy atom. The average molecular weight is 254 g/mol. The Kier molecular flexibility index (Phi) is 26.2. The van der Waals surface area contributed by atoms with Crippen LogP contribution in [0.2, 0.25) is 0 Å². The molecule has 6 heavy (non-hydrogen) atoms. The van der Waals surface area contributed by atoms with E-state index in [4.69, 9.17) is 13.3 Å². The van der Waals surface area contributed by atoms with Gasteiger partial charge in [0.1, 0.15) is 0 Å². The zero-order valence-electron chi connectivity index (χ0n) is 2.75. The van der Waals surface area contributed by atoms with Crippen LogP contribution in [-0.2, 0) is 11.4 Å². The molecule has 0 heterocycles. The number of rotatable bonds is 0. The SMILES string of the molecule is Cl.O=S([O-])[O-].[Ba+2]. The molecule has 0 saturated heterocycles. The van der Waals surface area contributed by atoms with Crippen molar-refractivity contribution in [1.29, 1.82) is 0 Å². The fourth-order valence-corrected chi connectivity index (χ4v) is 0. The summed E-state index contributed by atoms with van der Waals surface area (Å²) in [4.78, 5) is 0. The van der Waals surface area contributed by atoms with E-state index in [0.717, 1.165) is 0 Å². The molecule has 0 aliphatic carbocycles. The van der Waals surface area contributed by atoms with Crippen molar-refractivity contribution in [2.75, 3.05) is 0 Å². The van der Waals surface area contributed by atoms with Crippen LogP contribution in [-0.4, -0.2) is 62.2 Å². The largest absolute Gasteiger partial charge is 2.00 e. The molecule has 0 unspecified atom stereocenters. The minimum Gasteiger partial charge on any atom is -0.784 e. The molecule has 0 N–H and O–H groups in total. The summed E-state index contributed by atoms with van der Waals surface area (Å²) >= 11 is -3.11. The third kappa shape index (κ3) is 38.7. The number of halogens is 1. The van der Waals surface area contributed by atoms with E-state index in [2.05, 4.69) is 0 Å². The second-order valence-corrected chi connectivity index (χ2v) is 0.612. The van der Waals surface area contributed by atoms with Gasteiger partial charge >= 0.3 is 48.9 Å². The van der Waals surface area contributed by atoms with Gasteiger partial charge in [0.05, 0.1) is 0 Å². The Bertz CT molecular complexity index is 33.8. The topological polar surface area (TPSA) is 63.2 Å². The molecule has 3 nitrogen and oxygen atoms in total. The summed E-state index contributed by atoms with van der Waals surface area (Å²) in [6.45, 7) is 0. The Labute approximate surface area is 84.5 Å².